The molecule has 0 saturated carbocycles. The molecule has 0 bridgehead atoms. The summed E-state index contributed by atoms with van der Waals surface area (Å²) in [6.45, 7) is 14.4. The maximum absolute atomic E-state index is 13.0. The minimum absolute atomic E-state index is 0.168. The van der Waals surface area contributed by atoms with Crippen LogP contribution in [0, 0.1) is 59.2 Å². The van der Waals surface area contributed by atoms with Gasteiger partial charge in [-0.3, -0.25) is 0 Å². The van der Waals surface area contributed by atoms with Crippen LogP contribution in [0.25, 0.3) is 33.4 Å². The molecule has 0 aromatic heterocycles. The second kappa shape index (κ2) is 28.1. The van der Waals surface area contributed by atoms with Crippen LogP contribution in [0.2, 0.25) is 0 Å². The smallest absolute Gasteiger partial charge is 0.423 e. The molecule has 0 unspecified atom stereocenters. The number of benzene rings is 9. The predicted octanol–water partition coefficient (Wildman–Crippen LogP) is 15.0. The number of anilines is 2. The first-order valence-electron chi connectivity index (χ1n) is 24.5. The molecule has 0 amide bonds. The van der Waals surface area contributed by atoms with Crippen LogP contribution >= 0.6 is 58.8 Å². The van der Waals surface area contributed by atoms with Crippen molar-refractivity contribution in [1.82, 2.24) is 0 Å². The van der Waals surface area contributed by atoms with Crippen molar-refractivity contribution in [2.24, 2.45) is 0 Å². The Balaban J connectivity index is 0.000000168. The Hall–Kier alpha value is -5.99. The summed E-state index contributed by atoms with van der Waals surface area (Å²) in [6.07, 6.45) is 0. The number of hydrogen-bond acceptors (Lipinski definition) is 9. The van der Waals surface area contributed by atoms with Gasteiger partial charge in [-0.1, -0.05) is 103 Å². The van der Waals surface area contributed by atoms with Crippen molar-refractivity contribution in [3.8, 4) is 44.9 Å². The number of para-hydroxylation sites is 2. The van der Waals surface area contributed by atoms with Crippen LogP contribution in [0.15, 0.2) is 197 Å². The van der Waals surface area contributed by atoms with Gasteiger partial charge in [0, 0.05) is 25.0 Å². The number of hydrogen-bond donors (Lipinski definition) is 4. The Morgan fingerprint density at radius 1 is 0.494 bits per heavy atom. The SMILES string of the molecule is COc1cc2c(cc1OC)I(OS(=O)(=O)c1ccc(C)cc1)c1ccccc1-2.Cc1ccc(-c2ccccc2I)cc1C.Cc1ccc(-c2ccccc2N)cc1C.Cc1ccc(B(O)O)cc1C.Nc1ccccc1Br. The zero-order valence-electron chi connectivity index (χ0n) is 44.6. The number of halogens is 3. The van der Waals surface area contributed by atoms with Crippen molar-refractivity contribution in [1.29, 1.82) is 0 Å². The fraction of sp³-hybridized carbons (Fsp3) is 0.143. The number of ether oxygens (including phenoxy) is 2. The van der Waals surface area contributed by atoms with Gasteiger partial charge in [0.2, 0.25) is 0 Å². The monoisotopic (exact) mass is 1340 g/mol. The van der Waals surface area contributed by atoms with Crippen molar-refractivity contribution in [3.05, 3.63) is 242 Å². The molecule has 0 atom stereocenters. The zero-order chi connectivity index (χ0) is 56.0. The van der Waals surface area contributed by atoms with Crippen LogP contribution in [0.1, 0.15) is 38.9 Å². The van der Waals surface area contributed by atoms with Crippen LogP contribution < -0.4 is 26.4 Å². The van der Waals surface area contributed by atoms with Crippen LogP contribution in [0.5, 0.6) is 11.5 Å². The summed E-state index contributed by atoms with van der Waals surface area (Å²) >= 11 is 2.95. The number of nitrogens with two attached hydrogens (primary N) is 2. The number of nitrogen functional groups attached to an aromatic ring is 2. The molecule has 1 aliphatic rings. The Morgan fingerprint density at radius 2 is 0.974 bits per heavy atom. The minimum Gasteiger partial charge on any atom is -0.423 e. The molecule has 6 N–H and O–H groups in total. The van der Waals surface area contributed by atoms with E-state index < -0.39 is 37.5 Å². The summed E-state index contributed by atoms with van der Waals surface area (Å²) in [5, 5.41) is 17.6. The van der Waals surface area contributed by atoms with Crippen molar-refractivity contribution in [2.75, 3.05) is 25.7 Å². The van der Waals surface area contributed by atoms with Gasteiger partial charge in [-0.2, -0.15) is 0 Å². The Kier molecular flexibility index (Phi) is 22.0. The van der Waals surface area contributed by atoms with E-state index in [1.807, 2.05) is 106 Å². The molecule has 10 rings (SSSR count). The Labute approximate surface area is 485 Å². The molecular weight excluding hydrogens is 1270 g/mol. The summed E-state index contributed by atoms with van der Waals surface area (Å²) in [6, 6.07) is 60.7. The van der Waals surface area contributed by atoms with E-state index in [0.717, 1.165) is 56.4 Å². The third kappa shape index (κ3) is 16.1. The molecule has 9 nitrogen and oxygen atoms in total. The maximum atomic E-state index is 13.0. The molecule has 0 aliphatic carbocycles. The molecule has 1 heterocycles. The van der Waals surface area contributed by atoms with Gasteiger partial charge in [-0.25, -0.2) is 0 Å². The van der Waals surface area contributed by atoms with Crippen molar-refractivity contribution in [2.45, 2.75) is 53.4 Å². The maximum Gasteiger partial charge on any atom is 0.488 e. The van der Waals surface area contributed by atoms with Crippen molar-refractivity contribution >= 4 is 92.8 Å². The fourth-order valence-electron chi connectivity index (χ4n) is 7.71. The Bertz CT molecular complexity index is 3470. The van der Waals surface area contributed by atoms with Crippen LogP contribution in [-0.2, 0) is 12.6 Å². The van der Waals surface area contributed by atoms with Crippen molar-refractivity contribution < 1.29 is 30.5 Å². The zero-order valence-corrected chi connectivity index (χ0v) is 51.3. The van der Waals surface area contributed by atoms with E-state index in [2.05, 4.69) is 133 Å². The third-order valence-electron chi connectivity index (χ3n) is 12.7. The van der Waals surface area contributed by atoms with Gasteiger partial charge in [0.25, 0.3) is 0 Å². The van der Waals surface area contributed by atoms with E-state index in [-0.39, 0.29) is 4.90 Å². The molecule has 0 radical (unpaired) electrons. The van der Waals surface area contributed by atoms with Gasteiger partial charge in [0.15, 0.2) is 0 Å². The topological polar surface area (TPSA) is 154 Å². The van der Waals surface area contributed by atoms with Gasteiger partial charge in [0.1, 0.15) is 0 Å². The van der Waals surface area contributed by atoms with E-state index in [0.29, 0.717) is 17.0 Å². The van der Waals surface area contributed by atoms with Gasteiger partial charge in [-0.05, 0) is 160 Å². The first-order valence-corrected chi connectivity index (χ1v) is 30.8. The molecular formula is C63H64BBrI2N2O7S. The summed E-state index contributed by atoms with van der Waals surface area (Å²) in [4.78, 5) is 0.168. The quantitative estimate of drug-likeness (QED) is 0.0661. The second-order valence-corrected chi connectivity index (χ2v) is 26.5. The first kappa shape index (κ1) is 60.2. The predicted molar refractivity (Wildman–Crippen MR) is 340 cm³/mol. The number of rotatable bonds is 8. The van der Waals surface area contributed by atoms with E-state index in [1.54, 1.807) is 50.6 Å². The molecule has 0 spiro atoms. The molecule has 9 aromatic rings. The Morgan fingerprint density at radius 3 is 1.48 bits per heavy atom. The molecule has 0 fully saturated rings. The van der Waals surface area contributed by atoms with Gasteiger partial charge in [-0.15, -0.1) is 0 Å². The molecule has 77 heavy (non-hydrogen) atoms. The first-order chi connectivity index (χ1) is 36.7. The van der Waals surface area contributed by atoms with Crippen LogP contribution in [-0.4, -0.2) is 39.8 Å². The van der Waals surface area contributed by atoms with Gasteiger partial charge < -0.3 is 21.5 Å². The van der Waals surface area contributed by atoms with Gasteiger partial charge in [0.05, 0.1) is 0 Å². The average molecular weight is 1340 g/mol. The third-order valence-corrected chi connectivity index (χ3v) is 21.9. The van der Waals surface area contributed by atoms with Gasteiger partial charge >= 0.3 is 180 Å². The molecule has 9 aromatic carbocycles. The molecule has 398 valence electrons. The van der Waals surface area contributed by atoms with Crippen molar-refractivity contribution in [3.63, 3.8) is 0 Å². The van der Waals surface area contributed by atoms with E-state index in [1.165, 1.54) is 42.5 Å². The number of fused-ring (bicyclic) bond motifs is 3. The largest absolute Gasteiger partial charge is 0.488 e. The standard InChI is InChI=1S/C21H19IO5S.C14H13I.C14H15N.C8H11BO2.C6H6BrN/c1-14-8-10-15(11-9-14)28(23,24)27-22-18-7-5-4-6-16(18)17-12-20(25-2)21(26-3)13-19(17)22;2*1-10-7-8-12(9-11(10)2)13-5-3-4-6-14(13)15;1-6-3-4-8(9(10)11)5-7(6)2;7-5-3-1-2-4-6(5)8/h4-13H,1-3H3;3-9H,1-2H3;3-9H,15H2,1-2H3;3-5,10-11H,1-2H3;1-4H,8H2. The van der Waals surface area contributed by atoms with E-state index in [4.69, 9.17) is 33.5 Å². The van der Waals surface area contributed by atoms with Crippen LogP contribution in [0.4, 0.5) is 11.4 Å². The van der Waals surface area contributed by atoms with E-state index in [9.17, 15) is 8.42 Å². The molecule has 0 saturated heterocycles. The second-order valence-electron chi connectivity index (χ2n) is 18.1. The number of aryl methyl sites for hydroxylation is 7. The van der Waals surface area contributed by atoms with E-state index >= 15 is 0 Å². The number of methoxy groups -OCH3 is 2. The summed E-state index contributed by atoms with van der Waals surface area (Å²) in [5.41, 5.74) is 29.0. The summed E-state index contributed by atoms with van der Waals surface area (Å²) < 4.78 is 46.8. The molecule has 1 aliphatic heterocycles. The normalized spacial score (nSPS) is 11.4. The molecule has 14 heteroatoms. The summed E-state index contributed by atoms with van der Waals surface area (Å²) in [7, 11) is -2.09. The average Bonchev–Trinajstić information content (AvgIpc) is 3.77. The fourth-order valence-corrected chi connectivity index (χ4v) is 16.4. The van der Waals surface area contributed by atoms with Crippen LogP contribution in [0.3, 0.4) is 0 Å². The summed E-state index contributed by atoms with van der Waals surface area (Å²) in [5.74, 6) is 1.17. The minimum atomic E-state index is -3.88.